The van der Waals surface area contributed by atoms with Crippen LogP contribution in [0.2, 0.25) is 0 Å². The lowest BCUT2D eigenvalue weighted by atomic mass is 9.77. The fraction of sp³-hybridized carbons (Fsp3) is 0.375. The summed E-state index contributed by atoms with van der Waals surface area (Å²) in [6.07, 6.45) is 2.14. The SMILES string of the molecule is CC(C)(C)C1(N)N=C(Cc2ccccc2)N=C2N=CN=C21. The summed E-state index contributed by atoms with van der Waals surface area (Å²) in [4.78, 5) is 17.7. The molecule has 1 atom stereocenters. The molecule has 2 N–H and O–H groups in total. The first-order valence-electron chi connectivity index (χ1n) is 7.01. The Labute approximate surface area is 124 Å². The third kappa shape index (κ3) is 2.34. The smallest absolute Gasteiger partial charge is 0.181 e. The van der Waals surface area contributed by atoms with Crippen molar-refractivity contribution in [3.63, 3.8) is 0 Å². The van der Waals surface area contributed by atoms with Crippen LogP contribution in [0.5, 0.6) is 0 Å². The molecule has 0 spiro atoms. The largest absolute Gasteiger partial charge is 0.301 e. The van der Waals surface area contributed by atoms with Gasteiger partial charge in [-0.1, -0.05) is 51.1 Å². The summed E-state index contributed by atoms with van der Waals surface area (Å²) in [6, 6.07) is 10.1. The summed E-state index contributed by atoms with van der Waals surface area (Å²) in [5.41, 5.74) is 7.22. The molecule has 0 bridgehead atoms. The highest BCUT2D eigenvalue weighted by atomic mass is 15.2. The van der Waals surface area contributed by atoms with Crippen molar-refractivity contribution < 1.29 is 0 Å². The number of nitrogens with zero attached hydrogens (tertiary/aromatic N) is 4. The van der Waals surface area contributed by atoms with Gasteiger partial charge in [-0.25, -0.2) is 20.0 Å². The van der Waals surface area contributed by atoms with Gasteiger partial charge in [0.05, 0.1) is 0 Å². The van der Waals surface area contributed by atoms with Crippen molar-refractivity contribution in [3.05, 3.63) is 35.9 Å². The van der Waals surface area contributed by atoms with Crippen LogP contribution in [0.1, 0.15) is 26.3 Å². The van der Waals surface area contributed by atoms with E-state index in [0.717, 1.165) is 5.56 Å². The molecule has 5 nitrogen and oxygen atoms in total. The zero-order chi connectivity index (χ0) is 15.1. The molecule has 0 saturated heterocycles. The Balaban J connectivity index is 2.01. The van der Waals surface area contributed by atoms with E-state index in [9.17, 15) is 0 Å². The first-order chi connectivity index (χ1) is 9.90. The highest BCUT2D eigenvalue weighted by molar-refractivity contribution is 6.51. The van der Waals surface area contributed by atoms with Crippen molar-refractivity contribution >= 4 is 23.7 Å². The Bertz CT molecular complexity index is 676. The lowest BCUT2D eigenvalue weighted by Gasteiger charge is -2.39. The monoisotopic (exact) mass is 281 g/mol. The van der Waals surface area contributed by atoms with E-state index in [1.54, 1.807) is 0 Å². The average Bonchev–Trinajstić information content (AvgIpc) is 2.87. The number of hydrogen-bond donors (Lipinski definition) is 1. The molecule has 0 amide bonds. The number of aliphatic imine (C=N–C) groups is 4. The Hall–Kier alpha value is -2.14. The van der Waals surface area contributed by atoms with Crippen molar-refractivity contribution in [2.75, 3.05) is 0 Å². The maximum absolute atomic E-state index is 6.59. The maximum Gasteiger partial charge on any atom is 0.181 e. The van der Waals surface area contributed by atoms with Gasteiger partial charge in [0.15, 0.2) is 11.5 Å². The molecule has 2 aliphatic heterocycles. The minimum Gasteiger partial charge on any atom is -0.301 e. The molecule has 2 aliphatic rings. The Morgan fingerprint density at radius 1 is 1.14 bits per heavy atom. The van der Waals surface area contributed by atoms with E-state index in [0.29, 0.717) is 23.8 Å². The van der Waals surface area contributed by atoms with Crippen LogP contribution in [0.15, 0.2) is 50.3 Å². The predicted molar refractivity (Wildman–Crippen MR) is 87.3 cm³/mol. The lowest BCUT2D eigenvalue weighted by molar-refractivity contribution is 0.273. The third-order valence-electron chi connectivity index (χ3n) is 3.83. The minimum absolute atomic E-state index is 0.275. The van der Waals surface area contributed by atoms with Gasteiger partial charge in [0, 0.05) is 11.8 Å². The Morgan fingerprint density at radius 3 is 2.52 bits per heavy atom. The van der Waals surface area contributed by atoms with E-state index in [4.69, 9.17) is 10.7 Å². The average molecular weight is 281 g/mol. The van der Waals surface area contributed by atoms with Crippen molar-refractivity contribution in [1.29, 1.82) is 0 Å². The number of hydrogen-bond acceptors (Lipinski definition) is 5. The highest BCUT2D eigenvalue weighted by Crippen LogP contribution is 2.34. The van der Waals surface area contributed by atoms with Gasteiger partial charge in [0.2, 0.25) is 0 Å². The van der Waals surface area contributed by atoms with Crippen LogP contribution >= 0.6 is 0 Å². The van der Waals surface area contributed by atoms with Crippen LogP contribution in [-0.4, -0.2) is 29.4 Å². The van der Waals surface area contributed by atoms with Gasteiger partial charge in [-0.3, -0.25) is 0 Å². The second-order valence-electron chi connectivity index (χ2n) is 6.36. The molecular formula is C16H19N5. The molecule has 21 heavy (non-hydrogen) atoms. The molecule has 0 saturated carbocycles. The van der Waals surface area contributed by atoms with Crippen LogP contribution in [0.25, 0.3) is 0 Å². The van der Waals surface area contributed by atoms with Gasteiger partial charge in [0.25, 0.3) is 0 Å². The standard InChI is InChI=1S/C16H19N5/c1-15(2,3)16(17)13-14(19-10-18-13)20-12(21-16)9-11-7-5-4-6-8-11/h4-8,10H,9,17H2,1-3H3. The zero-order valence-corrected chi connectivity index (χ0v) is 12.5. The van der Waals surface area contributed by atoms with Gasteiger partial charge < -0.3 is 5.73 Å². The van der Waals surface area contributed by atoms with Crippen LogP contribution in [0.3, 0.4) is 0 Å². The fourth-order valence-electron chi connectivity index (χ4n) is 2.40. The summed E-state index contributed by atoms with van der Waals surface area (Å²) in [5.74, 6) is 1.29. The van der Waals surface area contributed by atoms with Crippen LogP contribution < -0.4 is 5.73 Å². The van der Waals surface area contributed by atoms with Gasteiger partial charge in [-0.15, -0.1) is 0 Å². The van der Waals surface area contributed by atoms with Crippen molar-refractivity contribution in [3.8, 4) is 0 Å². The Kier molecular flexibility index (Phi) is 3.10. The number of benzene rings is 1. The van der Waals surface area contributed by atoms with E-state index in [2.05, 4.69) is 47.9 Å². The first kappa shape index (κ1) is 13.8. The predicted octanol–water partition coefficient (Wildman–Crippen LogP) is 2.22. The quantitative estimate of drug-likeness (QED) is 0.886. The summed E-state index contributed by atoms with van der Waals surface area (Å²) in [7, 11) is 0. The molecule has 1 unspecified atom stereocenters. The molecule has 0 aliphatic carbocycles. The van der Waals surface area contributed by atoms with Gasteiger partial charge in [-0.05, 0) is 5.56 Å². The zero-order valence-electron chi connectivity index (χ0n) is 12.5. The van der Waals surface area contributed by atoms with E-state index in [1.165, 1.54) is 6.34 Å². The van der Waals surface area contributed by atoms with E-state index in [1.807, 2.05) is 18.2 Å². The highest BCUT2D eigenvalue weighted by Gasteiger charge is 2.48. The van der Waals surface area contributed by atoms with Crippen molar-refractivity contribution in [2.24, 2.45) is 31.1 Å². The summed E-state index contributed by atoms with van der Waals surface area (Å²) < 4.78 is 0. The lowest BCUT2D eigenvalue weighted by Crippen LogP contribution is -2.60. The van der Waals surface area contributed by atoms with Gasteiger partial charge in [0.1, 0.15) is 17.9 Å². The molecule has 1 aromatic carbocycles. The molecule has 2 heterocycles. The molecule has 0 fully saturated rings. The first-order valence-corrected chi connectivity index (χ1v) is 7.01. The second-order valence-corrected chi connectivity index (χ2v) is 6.36. The number of amidine groups is 2. The Morgan fingerprint density at radius 2 is 1.86 bits per heavy atom. The van der Waals surface area contributed by atoms with Crippen molar-refractivity contribution in [2.45, 2.75) is 32.9 Å². The van der Waals surface area contributed by atoms with Crippen LogP contribution in [0, 0.1) is 5.41 Å². The van der Waals surface area contributed by atoms with E-state index < -0.39 is 5.66 Å². The summed E-state index contributed by atoms with van der Waals surface area (Å²) >= 11 is 0. The number of rotatable bonds is 2. The van der Waals surface area contributed by atoms with Crippen LogP contribution in [-0.2, 0) is 6.42 Å². The number of nitrogens with two attached hydrogens (primary N) is 1. The molecule has 5 heteroatoms. The molecular weight excluding hydrogens is 262 g/mol. The fourth-order valence-corrected chi connectivity index (χ4v) is 2.40. The minimum atomic E-state index is -0.898. The second kappa shape index (κ2) is 4.70. The molecule has 108 valence electrons. The topological polar surface area (TPSA) is 75.5 Å². The van der Waals surface area contributed by atoms with E-state index >= 15 is 0 Å². The molecule has 0 aromatic heterocycles. The normalized spacial score (nSPS) is 24.3. The maximum atomic E-state index is 6.59. The van der Waals surface area contributed by atoms with Crippen molar-refractivity contribution in [1.82, 2.24) is 0 Å². The van der Waals surface area contributed by atoms with Crippen LogP contribution in [0.4, 0.5) is 0 Å². The molecule has 0 radical (unpaired) electrons. The number of fused-ring (bicyclic) bond motifs is 1. The van der Waals surface area contributed by atoms with E-state index in [-0.39, 0.29) is 5.41 Å². The van der Waals surface area contributed by atoms with Gasteiger partial charge >= 0.3 is 0 Å². The summed E-state index contributed by atoms with van der Waals surface area (Å²) in [5, 5.41) is 0. The third-order valence-corrected chi connectivity index (χ3v) is 3.83. The molecule has 1 aromatic rings. The molecule has 3 rings (SSSR count). The summed E-state index contributed by atoms with van der Waals surface area (Å²) in [6.45, 7) is 6.17. The van der Waals surface area contributed by atoms with Gasteiger partial charge in [-0.2, -0.15) is 0 Å².